The van der Waals surface area contributed by atoms with E-state index >= 15 is 0 Å². The molecule has 0 heterocycles. The minimum Gasteiger partial charge on any atom is -0.367 e. The molecule has 96 valence electrons. The van der Waals surface area contributed by atoms with Crippen molar-refractivity contribution in [3.8, 4) is 6.07 Å². The van der Waals surface area contributed by atoms with Crippen LogP contribution in [0.15, 0.2) is 28.7 Å². The first-order valence-corrected chi connectivity index (χ1v) is 6.36. The Morgan fingerprint density at radius 1 is 1.56 bits per heavy atom. The molecule has 0 saturated heterocycles. The summed E-state index contributed by atoms with van der Waals surface area (Å²) < 4.78 is 6.33. The van der Waals surface area contributed by atoms with Crippen molar-refractivity contribution in [3.05, 3.63) is 34.3 Å². The third-order valence-corrected chi connectivity index (χ3v) is 2.86. The predicted octanol–water partition coefficient (Wildman–Crippen LogP) is 2.34. The Bertz CT molecular complexity index is 443. The Balaban J connectivity index is 2.29. The number of hydrogen-bond acceptors (Lipinski definition) is 3. The molecule has 0 unspecified atom stereocenters. The molecule has 0 fully saturated rings. The van der Waals surface area contributed by atoms with Crippen LogP contribution in [0.25, 0.3) is 0 Å². The van der Waals surface area contributed by atoms with Gasteiger partial charge in [0.2, 0.25) is 5.91 Å². The van der Waals surface area contributed by atoms with E-state index in [0.717, 1.165) is 10.0 Å². The molecule has 1 aromatic carbocycles. The molecule has 0 aliphatic rings. The monoisotopic (exact) mass is 310 g/mol. The Kier molecular flexibility index (Phi) is 6.40. The van der Waals surface area contributed by atoms with Gasteiger partial charge in [0.25, 0.3) is 0 Å². The summed E-state index contributed by atoms with van der Waals surface area (Å²) in [7, 11) is 1.67. The quantitative estimate of drug-likeness (QED) is 0.810. The number of nitriles is 1. The van der Waals surface area contributed by atoms with Crippen molar-refractivity contribution >= 4 is 21.8 Å². The highest BCUT2D eigenvalue weighted by atomic mass is 79.9. The topological polar surface area (TPSA) is 53.3 Å². The molecule has 18 heavy (non-hydrogen) atoms. The lowest BCUT2D eigenvalue weighted by Gasteiger charge is -2.15. The summed E-state index contributed by atoms with van der Waals surface area (Å²) >= 11 is 3.37. The summed E-state index contributed by atoms with van der Waals surface area (Å²) in [6.45, 7) is 0.876. The third-order valence-electron chi connectivity index (χ3n) is 2.37. The number of rotatable bonds is 6. The fourth-order valence-corrected chi connectivity index (χ4v) is 1.78. The van der Waals surface area contributed by atoms with Gasteiger partial charge >= 0.3 is 0 Å². The number of benzene rings is 1. The van der Waals surface area contributed by atoms with Gasteiger partial charge in [-0.2, -0.15) is 5.26 Å². The molecule has 0 radical (unpaired) electrons. The number of halogens is 1. The Hall–Kier alpha value is -1.38. The first kappa shape index (κ1) is 14.7. The summed E-state index contributed by atoms with van der Waals surface area (Å²) in [5.74, 6) is -0.111. The molecule has 0 N–H and O–H groups in total. The fourth-order valence-electron chi connectivity index (χ4n) is 1.34. The van der Waals surface area contributed by atoms with Gasteiger partial charge < -0.3 is 9.64 Å². The molecular formula is C13H15BrN2O2. The molecule has 0 aliphatic carbocycles. The van der Waals surface area contributed by atoms with Gasteiger partial charge in [0.05, 0.1) is 19.1 Å². The van der Waals surface area contributed by atoms with Crippen molar-refractivity contribution in [2.45, 2.75) is 13.0 Å². The van der Waals surface area contributed by atoms with E-state index in [1.807, 2.05) is 30.3 Å². The summed E-state index contributed by atoms with van der Waals surface area (Å²) in [5.41, 5.74) is 1.01. The first-order valence-electron chi connectivity index (χ1n) is 5.56. The van der Waals surface area contributed by atoms with Crippen LogP contribution in [0.1, 0.15) is 12.0 Å². The first-order chi connectivity index (χ1) is 8.63. The van der Waals surface area contributed by atoms with Gasteiger partial charge in [-0.3, -0.25) is 4.79 Å². The zero-order valence-electron chi connectivity index (χ0n) is 10.2. The van der Waals surface area contributed by atoms with Crippen molar-refractivity contribution in [2.24, 2.45) is 0 Å². The zero-order valence-corrected chi connectivity index (χ0v) is 11.8. The minimum absolute atomic E-state index is 0.0362. The Labute approximate surface area is 115 Å². The average Bonchev–Trinajstić information content (AvgIpc) is 2.35. The van der Waals surface area contributed by atoms with E-state index in [2.05, 4.69) is 15.9 Å². The second kappa shape index (κ2) is 7.85. The predicted molar refractivity (Wildman–Crippen MR) is 71.7 cm³/mol. The molecular weight excluding hydrogens is 296 g/mol. The Morgan fingerprint density at radius 2 is 2.33 bits per heavy atom. The van der Waals surface area contributed by atoms with Crippen LogP contribution in [-0.2, 0) is 16.1 Å². The number of hydrogen-bond donors (Lipinski definition) is 0. The van der Waals surface area contributed by atoms with Gasteiger partial charge in [-0.05, 0) is 17.7 Å². The molecule has 0 aromatic heterocycles. The van der Waals surface area contributed by atoms with Gasteiger partial charge in [0, 0.05) is 18.1 Å². The third kappa shape index (κ3) is 5.30. The van der Waals surface area contributed by atoms with Gasteiger partial charge in [0.15, 0.2) is 0 Å². The van der Waals surface area contributed by atoms with Crippen LogP contribution < -0.4 is 0 Å². The highest BCUT2D eigenvalue weighted by molar-refractivity contribution is 9.10. The van der Waals surface area contributed by atoms with E-state index in [1.54, 1.807) is 7.05 Å². The fraction of sp³-hybridized carbons (Fsp3) is 0.385. The maximum Gasteiger partial charge on any atom is 0.248 e. The number of carbonyl (C=O) groups is 1. The summed E-state index contributed by atoms with van der Waals surface area (Å²) in [4.78, 5) is 13.1. The molecule has 5 heteroatoms. The summed E-state index contributed by atoms with van der Waals surface area (Å²) in [6.07, 6.45) is 0.341. The number of amides is 1. The largest absolute Gasteiger partial charge is 0.367 e. The number of ether oxygens (including phenoxy) is 1. The number of likely N-dealkylation sites (N-methyl/N-ethyl adjacent to an activating group) is 1. The second-order valence-electron chi connectivity index (χ2n) is 3.85. The van der Waals surface area contributed by atoms with Gasteiger partial charge in [-0.15, -0.1) is 0 Å². The molecule has 0 spiro atoms. The van der Waals surface area contributed by atoms with Crippen LogP contribution in [0.4, 0.5) is 0 Å². The molecule has 0 saturated carbocycles. The molecule has 1 amide bonds. The molecule has 0 bridgehead atoms. The van der Waals surface area contributed by atoms with Crippen molar-refractivity contribution < 1.29 is 9.53 Å². The highest BCUT2D eigenvalue weighted by Gasteiger charge is 2.08. The van der Waals surface area contributed by atoms with Crippen LogP contribution in [0.2, 0.25) is 0 Å². The van der Waals surface area contributed by atoms with Gasteiger partial charge in [-0.25, -0.2) is 0 Å². The molecule has 4 nitrogen and oxygen atoms in total. The lowest BCUT2D eigenvalue weighted by Crippen LogP contribution is -2.31. The smallest absolute Gasteiger partial charge is 0.248 e. The lowest BCUT2D eigenvalue weighted by atomic mass is 10.2. The van der Waals surface area contributed by atoms with Crippen molar-refractivity contribution in [1.29, 1.82) is 5.26 Å². The van der Waals surface area contributed by atoms with E-state index in [-0.39, 0.29) is 12.5 Å². The van der Waals surface area contributed by atoms with Crippen LogP contribution in [0, 0.1) is 11.3 Å². The average molecular weight is 311 g/mol. The maximum absolute atomic E-state index is 11.6. The molecule has 1 aromatic rings. The van der Waals surface area contributed by atoms with E-state index in [1.165, 1.54) is 4.90 Å². The van der Waals surface area contributed by atoms with Crippen LogP contribution in [-0.4, -0.2) is 31.0 Å². The van der Waals surface area contributed by atoms with Crippen molar-refractivity contribution in [2.75, 3.05) is 20.2 Å². The zero-order chi connectivity index (χ0) is 13.4. The summed E-state index contributed by atoms with van der Waals surface area (Å²) in [6, 6.07) is 9.74. The van der Waals surface area contributed by atoms with Gasteiger partial charge in [0.1, 0.15) is 6.61 Å². The second-order valence-corrected chi connectivity index (χ2v) is 4.76. The lowest BCUT2D eigenvalue weighted by molar-refractivity contribution is -0.135. The molecule has 1 rings (SSSR count). The van der Waals surface area contributed by atoms with Crippen LogP contribution >= 0.6 is 15.9 Å². The SMILES string of the molecule is CN(CCC#N)C(=O)COCc1cccc(Br)c1. The molecule has 0 atom stereocenters. The van der Waals surface area contributed by atoms with E-state index in [0.29, 0.717) is 19.6 Å². The normalized spacial score (nSPS) is 9.83. The van der Waals surface area contributed by atoms with E-state index in [9.17, 15) is 4.79 Å². The molecule has 0 aliphatic heterocycles. The van der Waals surface area contributed by atoms with Gasteiger partial charge in [-0.1, -0.05) is 28.1 Å². The van der Waals surface area contributed by atoms with Crippen LogP contribution in [0.5, 0.6) is 0 Å². The number of carbonyl (C=O) groups excluding carboxylic acids is 1. The number of nitrogens with zero attached hydrogens (tertiary/aromatic N) is 2. The standard InChI is InChI=1S/C13H15BrN2O2/c1-16(7-3-6-15)13(17)10-18-9-11-4-2-5-12(14)8-11/h2,4-5,8H,3,7,9-10H2,1H3. The van der Waals surface area contributed by atoms with Crippen molar-refractivity contribution in [3.63, 3.8) is 0 Å². The minimum atomic E-state index is -0.111. The summed E-state index contributed by atoms with van der Waals surface area (Å²) in [5, 5.41) is 8.42. The highest BCUT2D eigenvalue weighted by Crippen LogP contribution is 2.12. The van der Waals surface area contributed by atoms with Crippen LogP contribution in [0.3, 0.4) is 0 Å². The van der Waals surface area contributed by atoms with E-state index < -0.39 is 0 Å². The Morgan fingerprint density at radius 3 is 3.00 bits per heavy atom. The van der Waals surface area contributed by atoms with Crippen molar-refractivity contribution in [1.82, 2.24) is 4.90 Å². The maximum atomic E-state index is 11.6. The van der Waals surface area contributed by atoms with E-state index in [4.69, 9.17) is 10.00 Å².